The molecule has 0 aromatic heterocycles. The van der Waals surface area contributed by atoms with Crippen LogP contribution in [0.4, 0.5) is 5.69 Å². The SMILES string of the molecule is Cc1ccc(C)c(N([C@@H](C)C(=O)N2CCc3ccccc3C2)S(C)(=O)=O)c1. The summed E-state index contributed by atoms with van der Waals surface area (Å²) in [7, 11) is -3.61. The molecular formula is C21H26N2O3S. The van der Waals surface area contributed by atoms with Gasteiger partial charge in [-0.25, -0.2) is 8.42 Å². The van der Waals surface area contributed by atoms with Gasteiger partial charge in [0.05, 0.1) is 11.9 Å². The summed E-state index contributed by atoms with van der Waals surface area (Å²) in [6.45, 7) is 6.57. The molecule has 3 rings (SSSR count). The quantitative estimate of drug-likeness (QED) is 0.812. The van der Waals surface area contributed by atoms with Crippen molar-refractivity contribution in [1.29, 1.82) is 0 Å². The summed E-state index contributed by atoms with van der Waals surface area (Å²) in [5, 5.41) is 0. The Morgan fingerprint density at radius 2 is 1.78 bits per heavy atom. The van der Waals surface area contributed by atoms with E-state index < -0.39 is 16.1 Å². The molecule has 5 nitrogen and oxygen atoms in total. The molecule has 27 heavy (non-hydrogen) atoms. The van der Waals surface area contributed by atoms with E-state index in [1.165, 1.54) is 9.87 Å². The lowest BCUT2D eigenvalue weighted by atomic mass is 9.99. The van der Waals surface area contributed by atoms with Gasteiger partial charge in [0, 0.05) is 13.1 Å². The Morgan fingerprint density at radius 1 is 1.11 bits per heavy atom. The minimum absolute atomic E-state index is 0.171. The first-order valence-corrected chi connectivity index (χ1v) is 11.0. The van der Waals surface area contributed by atoms with E-state index in [-0.39, 0.29) is 5.91 Å². The van der Waals surface area contributed by atoms with Gasteiger partial charge in [-0.2, -0.15) is 0 Å². The zero-order valence-electron chi connectivity index (χ0n) is 16.3. The number of nitrogens with zero attached hydrogens (tertiary/aromatic N) is 2. The van der Waals surface area contributed by atoms with Gasteiger partial charge in [0.15, 0.2) is 0 Å². The summed E-state index contributed by atoms with van der Waals surface area (Å²) in [4.78, 5) is 14.9. The third-order valence-electron chi connectivity index (χ3n) is 5.11. The topological polar surface area (TPSA) is 57.7 Å². The second kappa shape index (κ2) is 7.35. The molecule has 0 aliphatic carbocycles. The molecule has 0 spiro atoms. The number of carbonyl (C=O) groups excluding carboxylic acids is 1. The molecule has 2 aromatic carbocycles. The van der Waals surface area contributed by atoms with Crippen LogP contribution in [-0.4, -0.2) is 38.1 Å². The average Bonchev–Trinajstić information content (AvgIpc) is 2.62. The fourth-order valence-corrected chi connectivity index (χ4v) is 4.90. The molecule has 2 aromatic rings. The predicted octanol–water partition coefficient (Wildman–Crippen LogP) is 3.04. The van der Waals surface area contributed by atoms with Crippen LogP contribution < -0.4 is 4.31 Å². The van der Waals surface area contributed by atoms with Crippen molar-refractivity contribution in [2.45, 2.75) is 39.8 Å². The molecule has 0 saturated carbocycles. The highest BCUT2D eigenvalue weighted by Gasteiger charge is 2.34. The van der Waals surface area contributed by atoms with Crippen LogP contribution in [0.3, 0.4) is 0 Å². The van der Waals surface area contributed by atoms with E-state index in [1.54, 1.807) is 11.8 Å². The molecule has 1 atom stereocenters. The van der Waals surface area contributed by atoms with Gasteiger partial charge < -0.3 is 4.90 Å². The number of hydrogen-bond acceptors (Lipinski definition) is 3. The molecule has 1 heterocycles. The van der Waals surface area contributed by atoms with Gasteiger partial charge in [0.1, 0.15) is 6.04 Å². The summed E-state index contributed by atoms with van der Waals surface area (Å²) in [6, 6.07) is 12.9. The van der Waals surface area contributed by atoms with Crippen LogP contribution in [0.25, 0.3) is 0 Å². The number of carbonyl (C=O) groups is 1. The van der Waals surface area contributed by atoms with Crippen molar-refractivity contribution in [3.63, 3.8) is 0 Å². The number of sulfonamides is 1. The summed E-state index contributed by atoms with van der Waals surface area (Å²) in [5.74, 6) is -0.171. The van der Waals surface area contributed by atoms with Crippen LogP contribution >= 0.6 is 0 Å². The number of anilines is 1. The first kappa shape index (κ1) is 19.4. The molecule has 0 radical (unpaired) electrons. The van der Waals surface area contributed by atoms with Crippen molar-refractivity contribution in [2.24, 2.45) is 0 Å². The second-order valence-corrected chi connectivity index (χ2v) is 9.16. The first-order valence-electron chi connectivity index (χ1n) is 9.10. The molecule has 0 fully saturated rings. The van der Waals surface area contributed by atoms with Crippen LogP contribution in [0.2, 0.25) is 0 Å². The maximum absolute atomic E-state index is 13.2. The van der Waals surface area contributed by atoms with Gasteiger partial charge >= 0.3 is 0 Å². The van der Waals surface area contributed by atoms with Crippen molar-refractivity contribution >= 4 is 21.6 Å². The van der Waals surface area contributed by atoms with E-state index in [0.717, 1.165) is 29.4 Å². The molecule has 1 aliphatic rings. The number of aryl methyl sites for hydroxylation is 2. The van der Waals surface area contributed by atoms with Crippen LogP contribution in [0.5, 0.6) is 0 Å². The molecular weight excluding hydrogens is 360 g/mol. The van der Waals surface area contributed by atoms with Gasteiger partial charge in [0.25, 0.3) is 0 Å². The van der Waals surface area contributed by atoms with E-state index in [1.807, 2.05) is 50.2 Å². The number of rotatable bonds is 4. The molecule has 144 valence electrons. The van der Waals surface area contributed by atoms with Gasteiger partial charge in [-0.1, -0.05) is 36.4 Å². The minimum Gasteiger partial charge on any atom is -0.336 e. The zero-order valence-corrected chi connectivity index (χ0v) is 17.1. The molecule has 0 N–H and O–H groups in total. The van der Waals surface area contributed by atoms with Gasteiger partial charge in [0.2, 0.25) is 15.9 Å². The third-order valence-corrected chi connectivity index (χ3v) is 6.34. The third kappa shape index (κ3) is 4.00. The number of fused-ring (bicyclic) bond motifs is 1. The summed E-state index contributed by atoms with van der Waals surface area (Å²) < 4.78 is 26.4. The Balaban J connectivity index is 1.92. The van der Waals surface area contributed by atoms with E-state index in [0.29, 0.717) is 18.8 Å². The number of benzene rings is 2. The van der Waals surface area contributed by atoms with Crippen LogP contribution in [0.1, 0.15) is 29.2 Å². The van der Waals surface area contributed by atoms with Crippen LogP contribution in [-0.2, 0) is 27.8 Å². The highest BCUT2D eigenvalue weighted by molar-refractivity contribution is 7.92. The summed E-state index contributed by atoms with van der Waals surface area (Å²) in [5.41, 5.74) is 4.73. The highest BCUT2D eigenvalue weighted by atomic mass is 32.2. The van der Waals surface area contributed by atoms with E-state index >= 15 is 0 Å². The standard InChI is InChI=1S/C21H26N2O3S/c1-15-9-10-16(2)20(13-15)23(27(4,25)26)17(3)21(24)22-12-11-18-7-5-6-8-19(18)14-22/h5-10,13,17H,11-12,14H2,1-4H3/t17-/m0/s1. The lowest BCUT2D eigenvalue weighted by molar-refractivity contribution is -0.132. The molecule has 6 heteroatoms. The molecule has 1 amide bonds. The fourth-order valence-electron chi connectivity index (χ4n) is 3.68. The Hall–Kier alpha value is -2.34. The lowest BCUT2D eigenvalue weighted by Gasteiger charge is -2.35. The lowest BCUT2D eigenvalue weighted by Crippen LogP contribution is -2.50. The minimum atomic E-state index is -3.61. The average molecular weight is 387 g/mol. The highest BCUT2D eigenvalue weighted by Crippen LogP contribution is 2.28. The van der Waals surface area contributed by atoms with Crippen molar-refractivity contribution in [3.8, 4) is 0 Å². The molecule has 0 saturated heterocycles. The summed E-state index contributed by atoms with van der Waals surface area (Å²) in [6.07, 6.45) is 1.95. The first-order chi connectivity index (χ1) is 12.7. The van der Waals surface area contributed by atoms with Gasteiger partial charge in [-0.05, 0) is 55.5 Å². The maximum Gasteiger partial charge on any atom is 0.246 e. The Morgan fingerprint density at radius 3 is 2.44 bits per heavy atom. The molecule has 0 unspecified atom stereocenters. The van der Waals surface area contributed by atoms with Crippen molar-refractivity contribution < 1.29 is 13.2 Å². The van der Waals surface area contributed by atoms with Crippen molar-refractivity contribution in [2.75, 3.05) is 17.1 Å². The number of hydrogen-bond donors (Lipinski definition) is 0. The van der Waals surface area contributed by atoms with Crippen LogP contribution in [0.15, 0.2) is 42.5 Å². The largest absolute Gasteiger partial charge is 0.336 e. The Labute approximate surface area is 161 Å². The molecule has 0 bridgehead atoms. The van der Waals surface area contributed by atoms with E-state index in [9.17, 15) is 13.2 Å². The molecule has 1 aliphatic heterocycles. The van der Waals surface area contributed by atoms with E-state index in [2.05, 4.69) is 6.07 Å². The smallest absolute Gasteiger partial charge is 0.246 e. The maximum atomic E-state index is 13.2. The van der Waals surface area contributed by atoms with Crippen LogP contribution in [0, 0.1) is 13.8 Å². The monoisotopic (exact) mass is 386 g/mol. The van der Waals surface area contributed by atoms with Crippen molar-refractivity contribution in [3.05, 3.63) is 64.7 Å². The Bertz CT molecular complexity index is 969. The van der Waals surface area contributed by atoms with Gasteiger partial charge in [-0.3, -0.25) is 9.10 Å². The van der Waals surface area contributed by atoms with Gasteiger partial charge in [-0.15, -0.1) is 0 Å². The van der Waals surface area contributed by atoms with Crippen molar-refractivity contribution in [1.82, 2.24) is 4.90 Å². The predicted molar refractivity (Wildman–Crippen MR) is 108 cm³/mol. The van der Waals surface area contributed by atoms with E-state index in [4.69, 9.17) is 0 Å². The Kier molecular flexibility index (Phi) is 5.29. The number of amides is 1. The second-order valence-electron chi connectivity index (χ2n) is 7.30. The normalized spacial score (nSPS) is 15.2. The summed E-state index contributed by atoms with van der Waals surface area (Å²) >= 11 is 0. The fraction of sp³-hybridized carbons (Fsp3) is 0.381. The zero-order chi connectivity index (χ0) is 19.8.